The van der Waals surface area contributed by atoms with Gasteiger partial charge in [-0.15, -0.1) is 0 Å². The van der Waals surface area contributed by atoms with E-state index >= 15 is 0 Å². The van der Waals surface area contributed by atoms with Gasteiger partial charge in [-0.2, -0.15) is 5.26 Å². The van der Waals surface area contributed by atoms with Crippen molar-refractivity contribution in [1.82, 2.24) is 0 Å². The molecule has 12 heavy (non-hydrogen) atoms. The van der Waals surface area contributed by atoms with Crippen molar-refractivity contribution >= 4 is 17.7 Å². The Labute approximate surface area is 76.9 Å². The summed E-state index contributed by atoms with van der Waals surface area (Å²) in [7, 11) is 0. The van der Waals surface area contributed by atoms with Crippen LogP contribution in [0.3, 0.4) is 0 Å². The molecule has 2 heteroatoms. The van der Waals surface area contributed by atoms with Gasteiger partial charge in [-0.05, 0) is 36.3 Å². The molecule has 0 saturated carbocycles. The molecule has 0 unspecified atom stereocenters. The van der Waals surface area contributed by atoms with Gasteiger partial charge in [0.2, 0.25) is 0 Å². The number of rotatable bonds is 1. The first kappa shape index (κ1) is 8.83. The first-order valence-electron chi connectivity index (χ1n) is 3.56. The SMILES string of the molecule is Cc1ccc(Cl)cc1C=CC#N. The first-order chi connectivity index (χ1) is 5.74. The lowest BCUT2D eigenvalue weighted by molar-refractivity contribution is 1.44. The number of allylic oxidation sites excluding steroid dienone is 1. The van der Waals surface area contributed by atoms with Gasteiger partial charge in [0, 0.05) is 11.1 Å². The fourth-order valence-corrected chi connectivity index (χ4v) is 1.10. The lowest BCUT2D eigenvalue weighted by Crippen LogP contribution is -1.78. The molecule has 0 radical (unpaired) electrons. The maximum atomic E-state index is 8.32. The average molecular weight is 178 g/mol. The number of aryl methyl sites for hydroxylation is 1. The molecule has 1 aromatic carbocycles. The monoisotopic (exact) mass is 177 g/mol. The van der Waals surface area contributed by atoms with Gasteiger partial charge in [-0.1, -0.05) is 17.7 Å². The van der Waals surface area contributed by atoms with Gasteiger partial charge in [0.25, 0.3) is 0 Å². The van der Waals surface area contributed by atoms with Gasteiger partial charge >= 0.3 is 0 Å². The molecular formula is C10H8ClN. The zero-order chi connectivity index (χ0) is 8.97. The fraction of sp³-hybridized carbons (Fsp3) is 0.100. The third kappa shape index (κ3) is 2.11. The molecular weight excluding hydrogens is 170 g/mol. The summed E-state index contributed by atoms with van der Waals surface area (Å²) in [5.41, 5.74) is 2.11. The van der Waals surface area contributed by atoms with E-state index in [-0.39, 0.29) is 0 Å². The van der Waals surface area contributed by atoms with Crippen LogP contribution in [0.4, 0.5) is 0 Å². The van der Waals surface area contributed by atoms with Crippen molar-refractivity contribution in [2.24, 2.45) is 0 Å². The minimum Gasteiger partial charge on any atom is -0.193 e. The summed E-state index contributed by atoms with van der Waals surface area (Å²) in [6, 6.07) is 7.54. The normalized spacial score (nSPS) is 10.1. The summed E-state index contributed by atoms with van der Waals surface area (Å²) >= 11 is 5.78. The second-order valence-corrected chi connectivity index (χ2v) is 2.90. The minimum atomic E-state index is 0.693. The van der Waals surface area contributed by atoms with Crippen molar-refractivity contribution in [2.45, 2.75) is 6.92 Å². The van der Waals surface area contributed by atoms with E-state index in [1.54, 1.807) is 6.08 Å². The highest BCUT2D eigenvalue weighted by molar-refractivity contribution is 6.30. The van der Waals surface area contributed by atoms with Gasteiger partial charge in [0.05, 0.1) is 6.07 Å². The highest BCUT2D eigenvalue weighted by Crippen LogP contribution is 2.16. The molecule has 0 amide bonds. The molecule has 0 aliphatic heterocycles. The van der Waals surface area contributed by atoms with Gasteiger partial charge in [0.1, 0.15) is 0 Å². The summed E-state index contributed by atoms with van der Waals surface area (Å²) in [5, 5.41) is 9.01. The average Bonchev–Trinajstić information content (AvgIpc) is 2.07. The zero-order valence-corrected chi connectivity index (χ0v) is 7.47. The lowest BCUT2D eigenvalue weighted by atomic mass is 10.1. The van der Waals surface area contributed by atoms with Crippen molar-refractivity contribution < 1.29 is 0 Å². The third-order valence-electron chi connectivity index (χ3n) is 1.58. The standard InChI is InChI=1S/C10H8ClN/c1-8-4-5-10(11)7-9(8)3-2-6-12/h2-5,7H,1H3. The highest BCUT2D eigenvalue weighted by atomic mass is 35.5. The van der Waals surface area contributed by atoms with Crippen molar-refractivity contribution in [3.8, 4) is 6.07 Å². The maximum Gasteiger partial charge on any atom is 0.0912 e. The van der Waals surface area contributed by atoms with Crippen molar-refractivity contribution in [3.63, 3.8) is 0 Å². The van der Waals surface area contributed by atoms with Crippen molar-refractivity contribution in [1.29, 1.82) is 5.26 Å². The number of hydrogen-bond donors (Lipinski definition) is 0. The predicted octanol–water partition coefficient (Wildman–Crippen LogP) is 3.19. The van der Waals surface area contributed by atoms with Crippen molar-refractivity contribution in [3.05, 3.63) is 40.4 Å². The molecule has 0 aliphatic rings. The van der Waals surface area contributed by atoms with Crippen LogP contribution in [0, 0.1) is 18.3 Å². The third-order valence-corrected chi connectivity index (χ3v) is 1.81. The van der Waals surface area contributed by atoms with Crippen molar-refractivity contribution in [2.75, 3.05) is 0 Å². The van der Waals surface area contributed by atoms with Gasteiger partial charge in [0.15, 0.2) is 0 Å². The summed E-state index contributed by atoms with van der Waals surface area (Å²) in [6.07, 6.45) is 3.19. The Balaban J connectivity index is 3.07. The molecule has 0 saturated heterocycles. The first-order valence-corrected chi connectivity index (χ1v) is 3.94. The zero-order valence-electron chi connectivity index (χ0n) is 6.71. The Hall–Kier alpha value is -1.26. The summed E-state index contributed by atoms with van der Waals surface area (Å²) in [6.45, 7) is 1.98. The molecule has 1 nitrogen and oxygen atoms in total. The molecule has 0 spiro atoms. The van der Waals surface area contributed by atoms with E-state index in [1.165, 1.54) is 6.08 Å². The Morgan fingerprint density at radius 1 is 1.50 bits per heavy atom. The molecule has 0 atom stereocenters. The quantitative estimate of drug-likeness (QED) is 0.605. The van der Waals surface area contributed by atoms with Crippen LogP contribution < -0.4 is 0 Å². The van der Waals surface area contributed by atoms with Crippen LogP contribution in [0.1, 0.15) is 11.1 Å². The Bertz CT molecular complexity index is 347. The van der Waals surface area contributed by atoms with Crippen LogP contribution in [0.15, 0.2) is 24.3 Å². The second kappa shape index (κ2) is 3.94. The molecule has 0 aliphatic carbocycles. The molecule has 0 heterocycles. The van der Waals surface area contributed by atoms with Crippen LogP contribution in [-0.2, 0) is 0 Å². The Kier molecular flexibility index (Phi) is 2.90. The molecule has 1 rings (SSSR count). The predicted molar refractivity (Wildman–Crippen MR) is 50.8 cm³/mol. The van der Waals surface area contributed by atoms with E-state index < -0.39 is 0 Å². The number of nitrogens with zero attached hydrogens (tertiary/aromatic N) is 1. The van der Waals surface area contributed by atoms with Crippen LogP contribution in [0.5, 0.6) is 0 Å². The van der Waals surface area contributed by atoms with E-state index in [2.05, 4.69) is 0 Å². The van der Waals surface area contributed by atoms with E-state index in [0.717, 1.165) is 11.1 Å². The molecule has 0 fully saturated rings. The van der Waals surface area contributed by atoms with Gasteiger partial charge in [-0.25, -0.2) is 0 Å². The Morgan fingerprint density at radius 3 is 2.92 bits per heavy atom. The second-order valence-electron chi connectivity index (χ2n) is 2.46. The molecule has 0 N–H and O–H groups in total. The number of nitriles is 1. The highest BCUT2D eigenvalue weighted by Gasteiger charge is 1.94. The summed E-state index contributed by atoms with van der Waals surface area (Å²) in [4.78, 5) is 0. The van der Waals surface area contributed by atoms with Crippen LogP contribution in [-0.4, -0.2) is 0 Å². The molecule has 0 aromatic heterocycles. The lowest BCUT2D eigenvalue weighted by Gasteiger charge is -1.98. The van der Waals surface area contributed by atoms with Gasteiger partial charge in [-0.3, -0.25) is 0 Å². The molecule has 0 bridgehead atoms. The summed E-state index contributed by atoms with van der Waals surface area (Å²) in [5.74, 6) is 0. The Morgan fingerprint density at radius 2 is 2.25 bits per heavy atom. The number of hydrogen-bond acceptors (Lipinski definition) is 1. The van der Waals surface area contributed by atoms with Crippen LogP contribution in [0.25, 0.3) is 6.08 Å². The van der Waals surface area contributed by atoms with Crippen LogP contribution >= 0.6 is 11.6 Å². The number of halogens is 1. The minimum absolute atomic E-state index is 0.693. The van der Waals surface area contributed by atoms with E-state index in [0.29, 0.717) is 5.02 Å². The van der Waals surface area contributed by atoms with E-state index in [1.807, 2.05) is 31.2 Å². The molecule has 1 aromatic rings. The smallest absolute Gasteiger partial charge is 0.0912 e. The fourth-order valence-electron chi connectivity index (χ4n) is 0.918. The van der Waals surface area contributed by atoms with E-state index in [4.69, 9.17) is 16.9 Å². The summed E-state index contributed by atoms with van der Waals surface area (Å²) < 4.78 is 0. The largest absolute Gasteiger partial charge is 0.193 e. The molecule has 60 valence electrons. The maximum absolute atomic E-state index is 8.32. The van der Waals surface area contributed by atoms with Gasteiger partial charge < -0.3 is 0 Å². The topological polar surface area (TPSA) is 23.8 Å². The number of benzene rings is 1. The van der Waals surface area contributed by atoms with E-state index in [9.17, 15) is 0 Å². The van der Waals surface area contributed by atoms with Crippen LogP contribution in [0.2, 0.25) is 5.02 Å².